The Kier molecular flexibility index (Phi) is 6.09. The monoisotopic (exact) mass is 349 g/mol. The maximum absolute atomic E-state index is 12.6. The van der Waals surface area contributed by atoms with Crippen molar-refractivity contribution >= 4 is 12.0 Å². The van der Waals surface area contributed by atoms with Crippen molar-refractivity contribution in [3.05, 3.63) is 23.3 Å². The summed E-state index contributed by atoms with van der Waals surface area (Å²) in [5, 5.41) is 9.55. The number of hydrogen-bond acceptors (Lipinski definition) is 2. The number of allylic oxidation sites excluding steroid dienone is 3. The quantitative estimate of drug-likeness (QED) is 0.622. The first kappa shape index (κ1) is 19.7. The Balaban J connectivity index is 2.07. The summed E-state index contributed by atoms with van der Waals surface area (Å²) in [5.41, 5.74) is 2.78. The fourth-order valence-corrected chi connectivity index (χ4v) is 4.23. The molecule has 2 rings (SSSR count). The molecule has 140 valence electrons. The van der Waals surface area contributed by atoms with E-state index in [4.69, 9.17) is 0 Å². The van der Waals surface area contributed by atoms with Gasteiger partial charge in [0, 0.05) is 19.0 Å². The fraction of sp³-hybridized carbons (Fsp3) is 0.700. The summed E-state index contributed by atoms with van der Waals surface area (Å²) in [6.45, 7) is 11.3. The third-order valence-electron chi connectivity index (χ3n) is 6.07. The Labute approximate surface area is 151 Å². The van der Waals surface area contributed by atoms with Crippen molar-refractivity contribution in [2.45, 2.75) is 53.4 Å². The van der Waals surface area contributed by atoms with Gasteiger partial charge in [-0.25, -0.2) is 4.48 Å². The van der Waals surface area contributed by atoms with Crippen molar-refractivity contribution in [3.63, 3.8) is 0 Å². The molecule has 5 heteroatoms. The summed E-state index contributed by atoms with van der Waals surface area (Å²) in [5.74, 6) is 0.00293. The van der Waals surface area contributed by atoms with Gasteiger partial charge in [-0.3, -0.25) is 4.79 Å². The van der Waals surface area contributed by atoms with Crippen LogP contribution in [0.5, 0.6) is 0 Å². The minimum absolute atomic E-state index is 0.00293. The highest BCUT2D eigenvalue weighted by molar-refractivity contribution is 5.88. The van der Waals surface area contributed by atoms with Crippen LogP contribution in [-0.2, 0) is 4.79 Å². The normalized spacial score (nSPS) is 27.4. The number of carbonyl (C=O) groups is 2. The van der Waals surface area contributed by atoms with Gasteiger partial charge in [0.25, 0.3) is 0 Å². The minimum atomic E-state index is -0.780. The van der Waals surface area contributed by atoms with E-state index in [0.717, 1.165) is 19.3 Å². The van der Waals surface area contributed by atoms with Crippen LogP contribution < -0.4 is 0 Å². The van der Waals surface area contributed by atoms with Gasteiger partial charge in [0.15, 0.2) is 0 Å². The molecular formula is C20H33N2O3+. The molecule has 25 heavy (non-hydrogen) atoms. The number of rotatable bonds is 3. The molecule has 1 atom stereocenters. The molecule has 2 amide bonds. The van der Waals surface area contributed by atoms with Crippen LogP contribution in [-0.4, -0.2) is 59.2 Å². The largest absolute Gasteiger partial charge is 0.513 e. The van der Waals surface area contributed by atoms with Crippen LogP contribution in [0.1, 0.15) is 53.4 Å². The minimum Gasteiger partial charge on any atom is -0.435 e. The van der Waals surface area contributed by atoms with Gasteiger partial charge in [0.05, 0.1) is 19.6 Å². The number of likely N-dealkylation sites (N-methyl/N-ethyl adjacent to an activating group) is 1. The van der Waals surface area contributed by atoms with E-state index in [1.165, 1.54) is 17.6 Å². The molecule has 0 bridgehead atoms. The van der Waals surface area contributed by atoms with Crippen LogP contribution in [0, 0.1) is 5.41 Å². The van der Waals surface area contributed by atoms with E-state index < -0.39 is 6.09 Å². The lowest BCUT2D eigenvalue weighted by Crippen LogP contribution is -2.54. The third-order valence-corrected chi connectivity index (χ3v) is 6.07. The topological polar surface area (TPSA) is 57.6 Å². The molecule has 1 fully saturated rings. The zero-order valence-corrected chi connectivity index (χ0v) is 16.2. The van der Waals surface area contributed by atoms with Gasteiger partial charge in [-0.1, -0.05) is 25.5 Å². The van der Waals surface area contributed by atoms with Crippen LogP contribution in [0.15, 0.2) is 23.3 Å². The number of amides is 2. The predicted molar refractivity (Wildman–Crippen MR) is 99.2 cm³/mol. The van der Waals surface area contributed by atoms with Crippen LogP contribution in [0.2, 0.25) is 0 Å². The fourth-order valence-electron chi connectivity index (χ4n) is 4.23. The van der Waals surface area contributed by atoms with Crippen molar-refractivity contribution < 1.29 is 19.2 Å². The van der Waals surface area contributed by atoms with Crippen molar-refractivity contribution in [1.29, 1.82) is 0 Å². The number of carbonyl (C=O) groups excluding carboxylic acids is 1. The summed E-state index contributed by atoms with van der Waals surface area (Å²) in [6.07, 6.45) is 7.11. The van der Waals surface area contributed by atoms with Gasteiger partial charge >= 0.3 is 6.09 Å². The second-order valence-corrected chi connectivity index (χ2v) is 8.13. The van der Waals surface area contributed by atoms with Crippen molar-refractivity contribution in [2.75, 3.05) is 32.7 Å². The maximum atomic E-state index is 12.6. The molecule has 0 spiro atoms. The average molecular weight is 349 g/mol. The van der Waals surface area contributed by atoms with E-state index in [0.29, 0.717) is 32.7 Å². The highest BCUT2D eigenvalue weighted by Crippen LogP contribution is 2.40. The summed E-state index contributed by atoms with van der Waals surface area (Å²) in [7, 11) is 0. The molecule has 0 aromatic rings. The first-order valence-electron chi connectivity index (χ1n) is 9.49. The molecule has 1 aliphatic heterocycles. The Hall–Kier alpha value is -1.62. The number of quaternary nitrogens is 1. The molecule has 5 nitrogen and oxygen atoms in total. The Bertz CT molecular complexity index is 592. The molecule has 1 N–H and O–H groups in total. The van der Waals surface area contributed by atoms with E-state index >= 15 is 0 Å². The number of hydrogen-bond donors (Lipinski definition) is 1. The van der Waals surface area contributed by atoms with Gasteiger partial charge in [-0.05, 0) is 44.1 Å². The standard InChI is InChI=1S/C20H32N2O3/c1-5-22(19(24)25)14-7-12-21(13-15-22)18(23)10-9-17-16(2)8-6-11-20(17,3)4/h9-10H,5-8,11-15H2,1-4H3/p+1. The number of nitrogens with zero attached hydrogens (tertiary/aromatic N) is 2. The lowest BCUT2D eigenvalue weighted by Gasteiger charge is -2.33. The first-order chi connectivity index (χ1) is 11.7. The summed E-state index contributed by atoms with van der Waals surface area (Å²) in [6, 6.07) is 0. The summed E-state index contributed by atoms with van der Waals surface area (Å²) >= 11 is 0. The molecule has 1 unspecified atom stereocenters. The molecule has 1 heterocycles. The molecule has 1 aliphatic carbocycles. The molecular weight excluding hydrogens is 316 g/mol. The van der Waals surface area contributed by atoms with Gasteiger partial charge in [0.2, 0.25) is 5.91 Å². The SMILES string of the molecule is CC[N+]1(C(=O)O)CCCN(C(=O)C=CC2=C(C)CCCC2(C)C)CC1. The van der Waals surface area contributed by atoms with Crippen molar-refractivity contribution in [2.24, 2.45) is 5.41 Å². The molecule has 0 radical (unpaired) electrons. The lowest BCUT2D eigenvalue weighted by atomic mass is 9.72. The first-order valence-corrected chi connectivity index (χ1v) is 9.49. The van der Waals surface area contributed by atoms with Gasteiger partial charge < -0.3 is 10.0 Å². The molecule has 2 aliphatic rings. The van der Waals surface area contributed by atoms with Crippen LogP contribution in [0.3, 0.4) is 0 Å². The van der Waals surface area contributed by atoms with E-state index in [-0.39, 0.29) is 15.8 Å². The van der Waals surface area contributed by atoms with Gasteiger partial charge in [0.1, 0.15) is 6.54 Å². The smallest absolute Gasteiger partial charge is 0.435 e. The molecule has 0 aromatic heterocycles. The number of carboxylic acid groups (broad SMARTS) is 1. The van der Waals surface area contributed by atoms with Crippen molar-refractivity contribution in [1.82, 2.24) is 4.90 Å². The lowest BCUT2D eigenvalue weighted by molar-refractivity contribution is -0.853. The average Bonchev–Trinajstić information content (AvgIpc) is 2.77. The van der Waals surface area contributed by atoms with E-state index in [1.807, 2.05) is 13.0 Å². The third kappa shape index (κ3) is 4.32. The van der Waals surface area contributed by atoms with E-state index in [1.54, 1.807) is 11.0 Å². The van der Waals surface area contributed by atoms with Crippen LogP contribution in [0.25, 0.3) is 0 Å². The second-order valence-electron chi connectivity index (χ2n) is 8.13. The maximum Gasteiger partial charge on any atom is 0.513 e. The van der Waals surface area contributed by atoms with E-state index in [9.17, 15) is 14.7 Å². The van der Waals surface area contributed by atoms with E-state index in [2.05, 4.69) is 20.8 Å². The highest BCUT2D eigenvalue weighted by atomic mass is 16.4. The Morgan fingerprint density at radius 1 is 1.24 bits per heavy atom. The van der Waals surface area contributed by atoms with Crippen LogP contribution >= 0.6 is 0 Å². The second kappa shape index (κ2) is 7.73. The summed E-state index contributed by atoms with van der Waals surface area (Å²) in [4.78, 5) is 26.1. The highest BCUT2D eigenvalue weighted by Gasteiger charge is 2.37. The van der Waals surface area contributed by atoms with Gasteiger partial charge in [-0.2, -0.15) is 4.79 Å². The molecule has 1 saturated heterocycles. The molecule has 0 saturated carbocycles. The Morgan fingerprint density at radius 3 is 2.56 bits per heavy atom. The summed E-state index contributed by atoms with van der Waals surface area (Å²) < 4.78 is 0.0603. The molecule has 0 aromatic carbocycles. The zero-order valence-electron chi connectivity index (χ0n) is 16.2. The van der Waals surface area contributed by atoms with Crippen LogP contribution in [0.4, 0.5) is 4.79 Å². The van der Waals surface area contributed by atoms with Gasteiger partial charge in [-0.15, -0.1) is 0 Å². The Morgan fingerprint density at radius 2 is 1.96 bits per heavy atom. The predicted octanol–water partition coefficient (Wildman–Crippen LogP) is 3.82. The van der Waals surface area contributed by atoms with Crippen molar-refractivity contribution in [3.8, 4) is 0 Å². The zero-order chi connectivity index (χ0) is 18.7.